The standard InChI is InChI=1S/C18H26N2O2/c21-17-10-4-9-16(17)18(22)19-12-15-8-5-11-20(15)13-14-6-2-1-3-7-14/h1-3,6-7,15-17,21H,4-5,8-13H2,(H,19,22). The molecule has 1 aromatic rings. The molecule has 1 heterocycles. The van der Waals surface area contributed by atoms with Gasteiger partial charge in [-0.25, -0.2) is 0 Å². The summed E-state index contributed by atoms with van der Waals surface area (Å²) in [5.41, 5.74) is 1.33. The molecule has 3 rings (SSSR count). The molecule has 22 heavy (non-hydrogen) atoms. The number of benzene rings is 1. The maximum Gasteiger partial charge on any atom is 0.225 e. The summed E-state index contributed by atoms with van der Waals surface area (Å²) in [4.78, 5) is 14.6. The van der Waals surface area contributed by atoms with Gasteiger partial charge in [0.15, 0.2) is 0 Å². The van der Waals surface area contributed by atoms with Gasteiger partial charge in [-0.2, -0.15) is 0 Å². The fourth-order valence-corrected chi connectivity index (χ4v) is 3.75. The molecule has 4 nitrogen and oxygen atoms in total. The van der Waals surface area contributed by atoms with Gasteiger partial charge < -0.3 is 10.4 Å². The normalized spacial score (nSPS) is 28.9. The van der Waals surface area contributed by atoms with Gasteiger partial charge in [0.1, 0.15) is 0 Å². The van der Waals surface area contributed by atoms with Crippen molar-refractivity contribution in [1.29, 1.82) is 0 Å². The molecule has 1 amide bonds. The lowest BCUT2D eigenvalue weighted by atomic mass is 10.1. The van der Waals surface area contributed by atoms with Gasteiger partial charge in [-0.3, -0.25) is 9.69 Å². The van der Waals surface area contributed by atoms with E-state index < -0.39 is 6.10 Å². The van der Waals surface area contributed by atoms with Crippen LogP contribution in [-0.2, 0) is 11.3 Å². The van der Waals surface area contributed by atoms with Gasteiger partial charge in [-0.05, 0) is 44.2 Å². The van der Waals surface area contributed by atoms with Crippen molar-refractivity contribution in [2.45, 2.75) is 50.8 Å². The molecule has 1 saturated carbocycles. The molecular formula is C18H26N2O2. The number of nitrogens with one attached hydrogen (secondary N) is 1. The zero-order valence-corrected chi connectivity index (χ0v) is 13.1. The highest BCUT2D eigenvalue weighted by Gasteiger charge is 2.32. The van der Waals surface area contributed by atoms with Gasteiger partial charge >= 0.3 is 0 Å². The van der Waals surface area contributed by atoms with Crippen molar-refractivity contribution < 1.29 is 9.90 Å². The van der Waals surface area contributed by atoms with Crippen LogP contribution in [0.1, 0.15) is 37.7 Å². The summed E-state index contributed by atoms with van der Waals surface area (Å²) in [6.45, 7) is 2.75. The predicted molar refractivity (Wildman–Crippen MR) is 86.2 cm³/mol. The second kappa shape index (κ2) is 7.25. The Bertz CT molecular complexity index is 491. The zero-order valence-electron chi connectivity index (χ0n) is 13.1. The van der Waals surface area contributed by atoms with Crippen molar-refractivity contribution in [1.82, 2.24) is 10.2 Å². The third-order valence-electron chi connectivity index (χ3n) is 5.06. The molecule has 1 aliphatic heterocycles. The van der Waals surface area contributed by atoms with E-state index in [0.29, 0.717) is 12.6 Å². The molecule has 1 saturated heterocycles. The Balaban J connectivity index is 1.50. The van der Waals surface area contributed by atoms with Gasteiger partial charge in [-0.15, -0.1) is 0 Å². The number of aliphatic hydroxyl groups is 1. The lowest BCUT2D eigenvalue weighted by Crippen LogP contribution is -2.43. The van der Waals surface area contributed by atoms with E-state index in [9.17, 15) is 9.90 Å². The first kappa shape index (κ1) is 15.5. The highest BCUT2D eigenvalue weighted by Crippen LogP contribution is 2.26. The molecule has 4 heteroatoms. The lowest BCUT2D eigenvalue weighted by Gasteiger charge is -2.25. The summed E-state index contributed by atoms with van der Waals surface area (Å²) >= 11 is 0. The topological polar surface area (TPSA) is 52.6 Å². The van der Waals surface area contributed by atoms with Crippen LogP contribution >= 0.6 is 0 Å². The number of nitrogens with zero attached hydrogens (tertiary/aromatic N) is 1. The summed E-state index contributed by atoms with van der Waals surface area (Å²) in [6.07, 6.45) is 4.44. The van der Waals surface area contributed by atoms with Crippen LogP contribution < -0.4 is 5.32 Å². The smallest absolute Gasteiger partial charge is 0.225 e. The van der Waals surface area contributed by atoms with Crippen molar-refractivity contribution >= 4 is 5.91 Å². The summed E-state index contributed by atoms with van der Waals surface area (Å²) in [7, 11) is 0. The van der Waals surface area contributed by atoms with E-state index in [2.05, 4.69) is 34.5 Å². The number of likely N-dealkylation sites (tertiary alicyclic amines) is 1. The van der Waals surface area contributed by atoms with E-state index in [1.165, 1.54) is 12.0 Å². The summed E-state index contributed by atoms with van der Waals surface area (Å²) in [5.74, 6) is -0.152. The first-order chi connectivity index (χ1) is 10.7. The number of rotatable bonds is 5. The van der Waals surface area contributed by atoms with E-state index in [1.54, 1.807) is 0 Å². The molecule has 0 bridgehead atoms. The molecule has 0 aromatic heterocycles. The minimum atomic E-state index is -0.441. The number of amides is 1. The number of hydrogen-bond acceptors (Lipinski definition) is 3. The third-order valence-corrected chi connectivity index (χ3v) is 5.06. The molecule has 1 aliphatic carbocycles. The van der Waals surface area contributed by atoms with Crippen LogP contribution in [0.25, 0.3) is 0 Å². The third kappa shape index (κ3) is 3.68. The van der Waals surface area contributed by atoms with Gasteiger partial charge in [0, 0.05) is 19.1 Å². The number of hydrogen-bond donors (Lipinski definition) is 2. The highest BCUT2D eigenvalue weighted by atomic mass is 16.3. The Kier molecular flexibility index (Phi) is 5.11. The average Bonchev–Trinajstić information content (AvgIpc) is 3.15. The quantitative estimate of drug-likeness (QED) is 0.874. The fourth-order valence-electron chi connectivity index (χ4n) is 3.75. The monoisotopic (exact) mass is 302 g/mol. The minimum absolute atomic E-state index is 0.0385. The molecule has 2 N–H and O–H groups in total. The molecular weight excluding hydrogens is 276 g/mol. The van der Waals surface area contributed by atoms with Crippen LogP contribution in [0.3, 0.4) is 0 Å². The maximum atomic E-state index is 12.2. The minimum Gasteiger partial charge on any atom is -0.392 e. The summed E-state index contributed by atoms with van der Waals surface area (Å²) < 4.78 is 0. The summed E-state index contributed by atoms with van der Waals surface area (Å²) in [5, 5.41) is 12.9. The van der Waals surface area contributed by atoms with Gasteiger partial charge in [0.05, 0.1) is 12.0 Å². The molecule has 2 fully saturated rings. The number of carbonyl (C=O) groups excluding carboxylic acids is 1. The van der Waals surface area contributed by atoms with Crippen LogP contribution in [0, 0.1) is 5.92 Å². The van der Waals surface area contributed by atoms with Crippen molar-refractivity contribution in [2.24, 2.45) is 5.92 Å². The molecule has 0 spiro atoms. The Morgan fingerprint density at radius 3 is 2.73 bits per heavy atom. The zero-order chi connectivity index (χ0) is 15.4. The van der Waals surface area contributed by atoms with Crippen molar-refractivity contribution in [3.05, 3.63) is 35.9 Å². The van der Waals surface area contributed by atoms with Crippen molar-refractivity contribution in [2.75, 3.05) is 13.1 Å². The number of aliphatic hydroxyl groups excluding tert-OH is 1. The van der Waals surface area contributed by atoms with Gasteiger partial charge in [0.2, 0.25) is 5.91 Å². The van der Waals surface area contributed by atoms with Crippen LogP contribution in [-0.4, -0.2) is 41.1 Å². The Labute approximate surface area is 132 Å². The predicted octanol–water partition coefficient (Wildman–Crippen LogP) is 1.93. The first-order valence-electron chi connectivity index (χ1n) is 8.48. The molecule has 3 atom stereocenters. The van der Waals surface area contributed by atoms with Gasteiger partial charge in [0.25, 0.3) is 0 Å². The Morgan fingerprint density at radius 2 is 2.00 bits per heavy atom. The second-order valence-electron chi connectivity index (χ2n) is 6.60. The van der Waals surface area contributed by atoms with E-state index in [4.69, 9.17) is 0 Å². The van der Waals surface area contributed by atoms with Crippen LogP contribution in [0.4, 0.5) is 0 Å². The molecule has 2 aliphatic rings. The van der Waals surface area contributed by atoms with Crippen LogP contribution in [0.5, 0.6) is 0 Å². The fraction of sp³-hybridized carbons (Fsp3) is 0.611. The Hall–Kier alpha value is -1.39. The lowest BCUT2D eigenvalue weighted by molar-refractivity contribution is -0.127. The first-order valence-corrected chi connectivity index (χ1v) is 8.48. The number of carbonyl (C=O) groups is 1. The largest absolute Gasteiger partial charge is 0.392 e. The van der Waals surface area contributed by atoms with Crippen molar-refractivity contribution in [3.63, 3.8) is 0 Å². The Morgan fingerprint density at radius 1 is 1.18 bits per heavy atom. The van der Waals surface area contributed by atoms with E-state index in [0.717, 1.165) is 38.8 Å². The van der Waals surface area contributed by atoms with Crippen LogP contribution in [0.15, 0.2) is 30.3 Å². The second-order valence-corrected chi connectivity index (χ2v) is 6.60. The SMILES string of the molecule is O=C(NCC1CCCN1Cc1ccccc1)C1CCCC1O. The van der Waals surface area contributed by atoms with Crippen LogP contribution in [0.2, 0.25) is 0 Å². The highest BCUT2D eigenvalue weighted by molar-refractivity contribution is 5.79. The van der Waals surface area contributed by atoms with E-state index >= 15 is 0 Å². The van der Waals surface area contributed by atoms with Crippen molar-refractivity contribution in [3.8, 4) is 0 Å². The maximum absolute atomic E-state index is 12.2. The summed E-state index contributed by atoms with van der Waals surface area (Å²) in [6, 6.07) is 10.9. The van der Waals surface area contributed by atoms with E-state index in [1.807, 2.05) is 6.07 Å². The average molecular weight is 302 g/mol. The van der Waals surface area contributed by atoms with Gasteiger partial charge in [-0.1, -0.05) is 30.3 Å². The molecule has 120 valence electrons. The molecule has 3 unspecified atom stereocenters. The molecule has 1 aromatic carbocycles. The van der Waals surface area contributed by atoms with E-state index in [-0.39, 0.29) is 11.8 Å². The molecule has 0 radical (unpaired) electrons.